The van der Waals surface area contributed by atoms with E-state index in [0.717, 1.165) is 124 Å². The first-order valence-electron chi connectivity index (χ1n) is 39.5. The van der Waals surface area contributed by atoms with Crippen LogP contribution in [-0.4, -0.2) is 14.2 Å². The number of rotatable bonds is 6. The number of hydrogen-bond acceptors (Lipinski definition) is 8. The Bertz CT molecular complexity index is 6470. The van der Waals surface area contributed by atoms with Crippen molar-refractivity contribution in [3.05, 3.63) is 483 Å². The molecule has 6 aliphatic rings. The van der Waals surface area contributed by atoms with E-state index in [0.29, 0.717) is 11.3 Å². The van der Waals surface area contributed by atoms with Crippen molar-refractivity contribution in [2.75, 3.05) is 19.6 Å². The first kappa shape index (κ1) is 71.4. The van der Waals surface area contributed by atoms with Gasteiger partial charge >= 0.3 is 0 Å². The normalized spacial score (nSPS) is 14.8. The third kappa shape index (κ3) is 10.7. The number of nitrogens with zero attached hydrogens (tertiary/aromatic N) is 6. The maximum atomic E-state index is 13.9. The number of nitriles is 1. The minimum Gasteiger partial charge on any atom is -0.310 e. The van der Waals surface area contributed by atoms with E-state index < -0.39 is 20.7 Å². The minimum absolute atomic E-state index is 0.0947. The molecule has 0 N–H and O–H groups in total. The molecule has 10 heteroatoms. The summed E-state index contributed by atoms with van der Waals surface area (Å²) in [6.07, 6.45) is 0. The lowest BCUT2D eigenvalue weighted by atomic mass is 9.57. The zero-order chi connectivity index (χ0) is 79.5. The zero-order valence-electron chi connectivity index (χ0n) is 64.8. The molecule has 0 saturated carbocycles. The summed E-state index contributed by atoms with van der Waals surface area (Å²) in [4.78, 5) is 27.1. The SMILES string of the molecule is CC1(C)c2ccccc2N(c2ccc(S(=O)(=O)c3ccc(N4c5ccccc5C(C)(C)c5ccccc54)cc3)cc2)c2ccccc21.O=C1c2ccccc2C2(c3ccccc31)c1ccccc1N(c1ccccc1)c1ccccc12.[C-]#[N+]c1ccc2c(c1)C1(c3cc(C#N)ccc3-2)c2ccccc2N(c2ccccc2)c2ccccc21. The number of fused-ring (bicyclic) bond motifs is 21. The second-order valence-corrected chi connectivity index (χ2v) is 33.5. The highest BCUT2D eigenvalue weighted by Crippen LogP contribution is 2.65. The Hall–Kier alpha value is -14.7. The third-order valence-electron chi connectivity index (χ3n) is 24.8. The van der Waals surface area contributed by atoms with Gasteiger partial charge in [-0.2, -0.15) is 5.26 Å². The van der Waals surface area contributed by atoms with Gasteiger partial charge in [0.05, 0.1) is 84.3 Å². The Balaban J connectivity index is 0.000000115. The lowest BCUT2D eigenvalue weighted by molar-refractivity contribution is 0.103. The minimum atomic E-state index is -3.75. The Morgan fingerprint density at radius 1 is 0.282 bits per heavy atom. The van der Waals surface area contributed by atoms with Gasteiger partial charge in [0, 0.05) is 44.7 Å². The monoisotopic (exact) mass is 1520 g/mol. The van der Waals surface area contributed by atoms with Gasteiger partial charge in [-0.15, -0.1) is 0 Å². The molecule has 2 spiro atoms. The molecule has 0 unspecified atom stereocenters. The van der Waals surface area contributed by atoms with Gasteiger partial charge < -0.3 is 19.6 Å². The van der Waals surface area contributed by atoms with E-state index in [1.54, 1.807) is 24.3 Å². The van der Waals surface area contributed by atoms with Gasteiger partial charge in [0.1, 0.15) is 0 Å². The molecule has 0 amide bonds. The van der Waals surface area contributed by atoms with Gasteiger partial charge in [-0.1, -0.05) is 282 Å². The maximum Gasteiger partial charge on any atom is 0.206 e. The molecule has 4 aliphatic heterocycles. The maximum absolute atomic E-state index is 13.9. The van der Waals surface area contributed by atoms with Crippen LogP contribution in [0.2, 0.25) is 0 Å². The molecular weight excluding hydrogens is 1450 g/mol. The van der Waals surface area contributed by atoms with Crippen molar-refractivity contribution in [2.45, 2.75) is 59.1 Å². The van der Waals surface area contributed by atoms with Crippen molar-refractivity contribution in [3.63, 3.8) is 0 Å². The van der Waals surface area contributed by atoms with Crippen molar-refractivity contribution < 1.29 is 13.2 Å². The summed E-state index contributed by atoms with van der Waals surface area (Å²) in [5.74, 6) is 0.0947. The Morgan fingerprint density at radius 3 is 0.880 bits per heavy atom. The molecule has 16 aromatic carbocycles. The second-order valence-electron chi connectivity index (χ2n) is 31.5. The number of sulfone groups is 1. The molecule has 0 aromatic heterocycles. The van der Waals surface area contributed by atoms with E-state index in [-0.39, 0.29) is 26.4 Å². The number of hydrogen-bond donors (Lipinski definition) is 0. The van der Waals surface area contributed by atoms with Crippen LogP contribution in [0, 0.1) is 17.9 Å². The van der Waals surface area contributed by atoms with E-state index in [9.17, 15) is 18.5 Å². The number of carbonyl (C=O) groups is 1. The molecule has 4 heterocycles. The molecule has 0 radical (unpaired) electrons. The highest BCUT2D eigenvalue weighted by atomic mass is 32.2. The Labute approximate surface area is 682 Å². The molecule has 117 heavy (non-hydrogen) atoms. The van der Waals surface area contributed by atoms with Gasteiger partial charge in [-0.3, -0.25) is 4.79 Å². The molecule has 22 rings (SSSR count). The van der Waals surface area contributed by atoms with Crippen molar-refractivity contribution in [2.24, 2.45) is 0 Å². The van der Waals surface area contributed by atoms with Crippen molar-refractivity contribution in [3.8, 4) is 17.2 Å². The number of para-hydroxylation sites is 10. The molecule has 9 nitrogen and oxygen atoms in total. The van der Waals surface area contributed by atoms with Gasteiger partial charge in [0.2, 0.25) is 9.84 Å². The summed E-state index contributed by atoms with van der Waals surface area (Å²) in [6, 6.07) is 134. The Kier molecular flexibility index (Phi) is 16.8. The van der Waals surface area contributed by atoms with Crippen molar-refractivity contribution in [1.82, 2.24) is 0 Å². The Morgan fingerprint density at radius 2 is 0.547 bits per heavy atom. The average Bonchev–Trinajstić information content (AvgIpc) is 1.67. The molecule has 0 bridgehead atoms. The molecule has 16 aromatic rings. The van der Waals surface area contributed by atoms with Crippen LogP contribution < -0.4 is 19.6 Å². The van der Waals surface area contributed by atoms with Crippen LogP contribution >= 0.6 is 0 Å². The fourth-order valence-corrected chi connectivity index (χ4v) is 21.0. The first-order valence-corrected chi connectivity index (χ1v) is 41.0. The molecule has 0 atom stereocenters. The fourth-order valence-electron chi connectivity index (χ4n) is 19.7. The molecule has 2 aliphatic carbocycles. The van der Waals surface area contributed by atoms with Crippen LogP contribution in [0.4, 0.5) is 73.9 Å². The van der Waals surface area contributed by atoms with Crippen LogP contribution in [0.15, 0.2) is 398 Å². The predicted octanol–water partition coefficient (Wildman–Crippen LogP) is 26.4. The third-order valence-corrected chi connectivity index (χ3v) is 26.6. The summed E-state index contributed by atoms with van der Waals surface area (Å²) in [7, 11) is -3.75. The summed E-state index contributed by atoms with van der Waals surface area (Å²) in [5.41, 5.74) is 30.2. The van der Waals surface area contributed by atoms with Crippen LogP contribution in [0.3, 0.4) is 0 Å². The smallest absolute Gasteiger partial charge is 0.206 e. The zero-order valence-corrected chi connectivity index (χ0v) is 65.6. The van der Waals surface area contributed by atoms with E-state index in [1.807, 2.05) is 84.9 Å². The van der Waals surface area contributed by atoms with E-state index in [1.165, 1.54) is 33.4 Å². The average molecular weight is 1530 g/mol. The fraction of sp³-hybridized carbons (Fsp3) is 0.0748. The van der Waals surface area contributed by atoms with Gasteiger partial charge in [-0.25, -0.2) is 13.3 Å². The van der Waals surface area contributed by atoms with Crippen LogP contribution in [0.5, 0.6) is 0 Å². The summed E-state index contributed by atoms with van der Waals surface area (Å²) >= 11 is 0. The van der Waals surface area contributed by atoms with Crippen molar-refractivity contribution >= 4 is 89.6 Å². The quantitative estimate of drug-likeness (QED) is 0.152. The lowest BCUT2D eigenvalue weighted by Crippen LogP contribution is -2.42. The summed E-state index contributed by atoms with van der Waals surface area (Å²) in [5, 5.41) is 9.84. The molecule has 0 saturated heterocycles. The largest absolute Gasteiger partial charge is 0.310 e. The molecule has 558 valence electrons. The van der Waals surface area contributed by atoms with Crippen LogP contribution in [0.25, 0.3) is 16.0 Å². The highest BCUT2D eigenvalue weighted by molar-refractivity contribution is 7.91. The number of benzene rings is 16. The highest BCUT2D eigenvalue weighted by Gasteiger charge is 2.54. The second kappa shape index (κ2) is 27.6. The number of carbonyl (C=O) groups excluding carboxylic acids is 1. The summed E-state index contributed by atoms with van der Waals surface area (Å²) < 4.78 is 27.9. The summed E-state index contributed by atoms with van der Waals surface area (Å²) in [6.45, 7) is 16.8. The van der Waals surface area contributed by atoms with Gasteiger partial charge in [0.15, 0.2) is 11.5 Å². The lowest BCUT2D eigenvalue weighted by Gasteiger charge is -2.48. The van der Waals surface area contributed by atoms with Crippen LogP contribution in [0.1, 0.15) is 116 Å². The van der Waals surface area contributed by atoms with E-state index >= 15 is 0 Å². The van der Waals surface area contributed by atoms with Crippen LogP contribution in [-0.2, 0) is 31.5 Å². The van der Waals surface area contributed by atoms with Gasteiger partial charge in [0.25, 0.3) is 0 Å². The standard InChI is InChI=1S/C42H36N2O2S.C33H19N3.C32H21NO/c1-41(2)33-13-5-9-17-37(33)43(38-18-10-6-14-34(38)41)29-21-25-31(26-22-29)47(45,46)32-27-23-30(24-28-32)44-39-19-11-7-15-35(39)42(3,4)36-16-8-12-20-40(36)44;1-35-23-16-18-26-25-17-15-22(21-34)19-29(25)33(30(26)20-23)27-11-5-7-13-31(27)36(24-9-3-2-4-10-24)32-14-8-6-12-28(32)33;34-31-23-14-4-6-16-25(23)32(26-17-7-5-15-24(26)31)27-18-8-10-20-29(27)33(22-12-2-1-3-13-22)30-21-11-9-19-28(30)32/h5-28H,1-4H3;2-20H;1-21H. The topological polar surface area (TPSA) is 92.3 Å². The van der Waals surface area contributed by atoms with Gasteiger partial charge in [-0.05, 0) is 211 Å². The van der Waals surface area contributed by atoms with Crippen molar-refractivity contribution in [1.29, 1.82) is 5.26 Å². The first-order chi connectivity index (χ1) is 57.2. The number of ketones is 1. The molecule has 0 fully saturated rings. The van der Waals surface area contributed by atoms with E-state index in [4.69, 9.17) is 6.57 Å². The van der Waals surface area contributed by atoms with E-state index in [2.05, 4.69) is 337 Å². The molecular formula is C107H76N6O3S. The predicted molar refractivity (Wildman–Crippen MR) is 471 cm³/mol. The number of anilines is 12.